The molecule has 0 spiro atoms. The lowest BCUT2D eigenvalue weighted by Crippen LogP contribution is -2.55. The molecule has 1 aromatic rings. The van der Waals surface area contributed by atoms with Gasteiger partial charge in [0.2, 0.25) is 5.91 Å². The number of nitrogens with one attached hydrogen (secondary N) is 1. The van der Waals surface area contributed by atoms with Crippen LogP contribution in [0.2, 0.25) is 0 Å². The fraction of sp³-hybridized carbons (Fsp3) is 0.611. The average Bonchev–Trinajstić information content (AvgIpc) is 3.18. The molecule has 1 aliphatic rings. The molecule has 1 unspecified atom stereocenters. The number of nitrogens with zero attached hydrogens (tertiary/aromatic N) is 4. The number of rotatable bonds is 5. The SMILES string of the molecule is CCC(C)NC(=NCC(=O)N(C)C)N1CCN(C(=O)c2ccco2)CC1. The van der Waals surface area contributed by atoms with E-state index >= 15 is 0 Å². The zero-order valence-electron chi connectivity index (χ0n) is 16.1. The van der Waals surface area contributed by atoms with Gasteiger partial charge in [0, 0.05) is 46.3 Å². The van der Waals surface area contributed by atoms with E-state index in [9.17, 15) is 9.59 Å². The second-order valence-electron chi connectivity index (χ2n) is 6.64. The molecule has 2 heterocycles. The maximum absolute atomic E-state index is 12.4. The quantitative estimate of drug-likeness (QED) is 0.620. The Bertz CT molecular complexity index is 619. The van der Waals surface area contributed by atoms with Gasteiger partial charge in [-0.15, -0.1) is 0 Å². The summed E-state index contributed by atoms with van der Waals surface area (Å²) in [4.78, 5) is 34.1. The van der Waals surface area contributed by atoms with Gasteiger partial charge >= 0.3 is 0 Å². The summed E-state index contributed by atoms with van der Waals surface area (Å²) < 4.78 is 5.19. The standard InChI is InChI=1S/C18H29N5O3/c1-5-14(2)20-18(19-13-16(24)21(3)4)23-10-8-22(9-11-23)17(25)15-7-6-12-26-15/h6-7,12,14H,5,8-11,13H2,1-4H3,(H,19,20). The van der Waals surface area contributed by atoms with Crippen molar-refractivity contribution in [1.82, 2.24) is 20.0 Å². The fourth-order valence-electron chi connectivity index (χ4n) is 2.52. The summed E-state index contributed by atoms with van der Waals surface area (Å²) in [6.45, 7) is 6.78. The third kappa shape index (κ3) is 5.24. The van der Waals surface area contributed by atoms with Gasteiger partial charge in [-0.05, 0) is 25.5 Å². The highest BCUT2D eigenvalue weighted by molar-refractivity contribution is 5.91. The lowest BCUT2D eigenvalue weighted by Gasteiger charge is -2.37. The van der Waals surface area contributed by atoms with E-state index in [0.717, 1.165) is 12.4 Å². The van der Waals surface area contributed by atoms with Gasteiger partial charge in [0.05, 0.1) is 6.26 Å². The van der Waals surface area contributed by atoms with Gasteiger partial charge in [-0.1, -0.05) is 6.92 Å². The van der Waals surface area contributed by atoms with Crippen LogP contribution in [-0.2, 0) is 4.79 Å². The van der Waals surface area contributed by atoms with Crippen molar-refractivity contribution < 1.29 is 14.0 Å². The number of aliphatic imine (C=N–C) groups is 1. The minimum Gasteiger partial charge on any atom is -0.459 e. The number of carbonyl (C=O) groups is 2. The van der Waals surface area contributed by atoms with Crippen molar-refractivity contribution in [2.45, 2.75) is 26.3 Å². The molecule has 1 atom stereocenters. The van der Waals surface area contributed by atoms with E-state index in [2.05, 4.69) is 29.1 Å². The van der Waals surface area contributed by atoms with Crippen LogP contribution in [0, 0.1) is 0 Å². The molecule has 1 N–H and O–H groups in total. The summed E-state index contributed by atoms with van der Waals surface area (Å²) in [7, 11) is 3.44. The molecule has 1 saturated heterocycles. The first-order chi connectivity index (χ1) is 12.4. The Morgan fingerprint density at radius 3 is 2.46 bits per heavy atom. The van der Waals surface area contributed by atoms with Gasteiger partial charge in [-0.2, -0.15) is 0 Å². The number of guanidine groups is 1. The monoisotopic (exact) mass is 363 g/mol. The first-order valence-corrected chi connectivity index (χ1v) is 9.01. The van der Waals surface area contributed by atoms with Crippen molar-refractivity contribution in [2.75, 3.05) is 46.8 Å². The van der Waals surface area contributed by atoms with Crippen LogP contribution in [-0.4, -0.2) is 85.3 Å². The number of carbonyl (C=O) groups excluding carboxylic acids is 2. The van der Waals surface area contributed by atoms with Crippen LogP contribution in [0.1, 0.15) is 30.8 Å². The third-order valence-electron chi connectivity index (χ3n) is 4.45. The van der Waals surface area contributed by atoms with Crippen LogP contribution in [0.3, 0.4) is 0 Å². The van der Waals surface area contributed by atoms with Crippen molar-refractivity contribution in [2.24, 2.45) is 4.99 Å². The Balaban J connectivity index is 1.99. The first-order valence-electron chi connectivity index (χ1n) is 9.01. The molecule has 0 aliphatic carbocycles. The van der Waals surface area contributed by atoms with Crippen LogP contribution < -0.4 is 5.32 Å². The maximum Gasteiger partial charge on any atom is 0.289 e. The normalized spacial score (nSPS) is 16.4. The molecule has 0 aromatic carbocycles. The smallest absolute Gasteiger partial charge is 0.289 e. The van der Waals surface area contributed by atoms with E-state index in [1.165, 1.54) is 11.2 Å². The van der Waals surface area contributed by atoms with E-state index in [4.69, 9.17) is 4.42 Å². The molecule has 1 fully saturated rings. The Hall–Kier alpha value is -2.51. The largest absolute Gasteiger partial charge is 0.459 e. The molecule has 1 aliphatic heterocycles. The van der Waals surface area contributed by atoms with Crippen molar-refractivity contribution in [3.8, 4) is 0 Å². The molecular formula is C18H29N5O3. The summed E-state index contributed by atoms with van der Waals surface area (Å²) in [5.74, 6) is 0.951. The van der Waals surface area contributed by atoms with Crippen LogP contribution in [0.25, 0.3) is 0 Å². The zero-order valence-corrected chi connectivity index (χ0v) is 16.1. The number of hydrogen-bond acceptors (Lipinski definition) is 4. The van der Waals surface area contributed by atoms with Crippen molar-refractivity contribution in [3.05, 3.63) is 24.2 Å². The number of likely N-dealkylation sites (N-methyl/N-ethyl adjacent to an activating group) is 1. The summed E-state index contributed by atoms with van der Waals surface area (Å²) >= 11 is 0. The van der Waals surface area contributed by atoms with E-state index in [1.807, 2.05) is 0 Å². The van der Waals surface area contributed by atoms with Gasteiger partial charge in [-0.25, -0.2) is 4.99 Å². The highest BCUT2D eigenvalue weighted by atomic mass is 16.3. The highest BCUT2D eigenvalue weighted by Gasteiger charge is 2.25. The Labute approximate surface area is 154 Å². The lowest BCUT2D eigenvalue weighted by molar-refractivity contribution is -0.127. The minimum atomic E-state index is -0.0918. The van der Waals surface area contributed by atoms with Crippen molar-refractivity contribution >= 4 is 17.8 Å². The molecule has 26 heavy (non-hydrogen) atoms. The molecule has 2 amide bonds. The Morgan fingerprint density at radius 2 is 1.92 bits per heavy atom. The topological polar surface area (TPSA) is 81.4 Å². The van der Waals surface area contributed by atoms with Gasteiger partial charge < -0.3 is 24.4 Å². The molecule has 8 heteroatoms. The molecule has 0 saturated carbocycles. The molecule has 0 radical (unpaired) electrons. The van der Waals surface area contributed by atoms with E-state index in [1.54, 1.807) is 31.1 Å². The number of amides is 2. The summed E-state index contributed by atoms with van der Waals surface area (Å²) in [5, 5.41) is 3.39. The molecule has 1 aromatic heterocycles. The summed E-state index contributed by atoms with van der Waals surface area (Å²) in [5.41, 5.74) is 0. The fourth-order valence-corrected chi connectivity index (χ4v) is 2.52. The average molecular weight is 363 g/mol. The van der Waals surface area contributed by atoms with E-state index in [-0.39, 0.29) is 24.4 Å². The van der Waals surface area contributed by atoms with Crippen LogP contribution in [0.4, 0.5) is 0 Å². The predicted octanol–water partition coefficient (Wildman–Crippen LogP) is 0.870. The number of piperazine rings is 1. The predicted molar refractivity (Wildman–Crippen MR) is 100 cm³/mol. The number of furan rings is 1. The molecule has 2 rings (SSSR count). The van der Waals surface area contributed by atoms with Crippen LogP contribution in [0.5, 0.6) is 0 Å². The first kappa shape index (κ1) is 19.8. The van der Waals surface area contributed by atoms with Gasteiger partial charge in [0.25, 0.3) is 5.91 Å². The Kier molecular flexibility index (Phi) is 7.06. The van der Waals surface area contributed by atoms with E-state index in [0.29, 0.717) is 31.9 Å². The maximum atomic E-state index is 12.4. The Morgan fingerprint density at radius 1 is 1.27 bits per heavy atom. The number of hydrogen-bond donors (Lipinski definition) is 1. The van der Waals surface area contributed by atoms with Gasteiger partial charge in [0.15, 0.2) is 11.7 Å². The molecular weight excluding hydrogens is 334 g/mol. The van der Waals surface area contributed by atoms with Gasteiger partial charge in [0.1, 0.15) is 6.54 Å². The third-order valence-corrected chi connectivity index (χ3v) is 4.45. The van der Waals surface area contributed by atoms with Gasteiger partial charge in [-0.3, -0.25) is 9.59 Å². The van der Waals surface area contributed by atoms with E-state index < -0.39 is 0 Å². The summed E-state index contributed by atoms with van der Waals surface area (Å²) in [6, 6.07) is 3.65. The lowest BCUT2D eigenvalue weighted by atomic mass is 10.2. The van der Waals surface area contributed by atoms with Crippen molar-refractivity contribution in [3.63, 3.8) is 0 Å². The van der Waals surface area contributed by atoms with Crippen molar-refractivity contribution in [1.29, 1.82) is 0 Å². The molecule has 144 valence electrons. The van der Waals surface area contributed by atoms with Crippen LogP contribution in [0.15, 0.2) is 27.8 Å². The second-order valence-corrected chi connectivity index (χ2v) is 6.64. The minimum absolute atomic E-state index is 0.0416. The molecule has 8 nitrogen and oxygen atoms in total. The molecule has 0 bridgehead atoms. The second kappa shape index (κ2) is 9.26. The highest BCUT2D eigenvalue weighted by Crippen LogP contribution is 2.10. The summed E-state index contributed by atoms with van der Waals surface area (Å²) in [6.07, 6.45) is 2.46. The zero-order chi connectivity index (χ0) is 19.1. The van der Waals surface area contributed by atoms with Crippen LogP contribution >= 0.6 is 0 Å².